The molecule has 37 heavy (non-hydrogen) atoms. The zero-order valence-corrected chi connectivity index (χ0v) is 20.9. The van der Waals surface area contributed by atoms with Crippen LogP contribution in [-0.4, -0.2) is 26.2 Å². The van der Waals surface area contributed by atoms with Crippen molar-refractivity contribution in [2.24, 2.45) is 0 Å². The predicted molar refractivity (Wildman–Crippen MR) is 141 cm³/mol. The number of ether oxygens (including phenoxy) is 2. The van der Waals surface area contributed by atoms with E-state index in [1.54, 1.807) is 12.1 Å². The minimum atomic E-state index is -0.369. The number of fused-ring (bicyclic) bond motifs is 1. The lowest BCUT2D eigenvalue weighted by Crippen LogP contribution is -2.24. The predicted octanol–water partition coefficient (Wildman–Crippen LogP) is 6.19. The molecule has 8 nitrogen and oxygen atoms in total. The van der Waals surface area contributed by atoms with Crippen LogP contribution in [0.2, 0.25) is 0 Å². The quantitative estimate of drug-likeness (QED) is 0.181. The van der Waals surface area contributed by atoms with Gasteiger partial charge in [-0.3, -0.25) is 15.0 Å². The van der Waals surface area contributed by atoms with Crippen LogP contribution >= 0.6 is 0 Å². The molecule has 1 aliphatic rings. The molecule has 1 aromatic heterocycles. The summed E-state index contributed by atoms with van der Waals surface area (Å²) in [6.07, 6.45) is 4.13. The molecule has 8 heteroatoms. The number of hydrogen-bond donors (Lipinski definition) is 0. The standard InChI is InChI=1S/C29H30N4O4/c1-2-3-15-32-26(17-30-29(32)24-7-5-4-6-8-24)20-31(18-22-9-12-25(13-10-22)33(34)35)19-23-11-14-27-28(16-23)37-21-36-27/h4-14,16-17H,2-3,15,18-21H2,1H3. The van der Waals surface area contributed by atoms with Crippen LogP contribution in [0.5, 0.6) is 11.5 Å². The Balaban J connectivity index is 1.44. The van der Waals surface area contributed by atoms with Crippen LogP contribution in [0.1, 0.15) is 36.6 Å². The Morgan fingerprint density at radius 3 is 2.43 bits per heavy atom. The van der Waals surface area contributed by atoms with Gasteiger partial charge in [0.1, 0.15) is 5.82 Å². The topological polar surface area (TPSA) is 82.7 Å². The molecule has 0 unspecified atom stereocenters. The lowest BCUT2D eigenvalue weighted by Gasteiger charge is -2.24. The maximum atomic E-state index is 11.1. The molecule has 1 aliphatic heterocycles. The van der Waals surface area contributed by atoms with E-state index in [4.69, 9.17) is 14.5 Å². The van der Waals surface area contributed by atoms with Gasteiger partial charge in [-0.1, -0.05) is 61.9 Å². The Morgan fingerprint density at radius 1 is 0.946 bits per heavy atom. The molecule has 0 atom stereocenters. The highest BCUT2D eigenvalue weighted by molar-refractivity contribution is 5.56. The summed E-state index contributed by atoms with van der Waals surface area (Å²) in [4.78, 5) is 17.9. The van der Waals surface area contributed by atoms with Crippen molar-refractivity contribution in [3.63, 3.8) is 0 Å². The molecule has 2 heterocycles. The number of aromatic nitrogens is 2. The first-order valence-corrected chi connectivity index (χ1v) is 12.5. The third kappa shape index (κ3) is 5.81. The third-order valence-electron chi connectivity index (χ3n) is 6.49. The highest BCUT2D eigenvalue weighted by Gasteiger charge is 2.18. The van der Waals surface area contributed by atoms with Crippen LogP contribution in [0.4, 0.5) is 5.69 Å². The van der Waals surface area contributed by atoms with Crippen LogP contribution in [0.15, 0.2) is 79.0 Å². The molecule has 0 amide bonds. The van der Waals surface area contributed by atoms with E-state index in [9.17, 15) is 10.1 Å². The first-order chi connectivity index (χ1) is 18.1. The van der Waals surface area contributed by atoms with Crippen molar-refractivity contribution in [3.8, 4) is 22.9 Å². The molecule has 4 aromatic rings. The van der Waals surface area contributed by atoms with E-state index in [0.717, 1.165) is 59.1 Å². The van der Waals surface area contributed by atoms with Gasteiger partial charge in [0.15, 0.2) is 11.5 Å². The average molecular weight is 499 g/mol. The largest absolute Gasteiger partial charge is 0.454 e. The number of imidazole rings is 1. The fourth-order valence-corrected chi connectivity index (χ4v) is 4.60. The van der Waals surface area contributed by atoms with Crippen molar-refractivity contribution in [1.82, 2.24) is 14.5 Å². The Morgan fingerprint density at radius 2 is 1.68 bits per heavy atom. The van der Waals surface area contributed by atoms with E-state index in [1.165, 1.54) is 0 Å². The summed E-state index contributed by atoms with van der Waals surface area (Å²) in [5, 5.41) is 11.1. The highest BCUT2D eigenvalue weighted by Crippen LogP contribution is 2.33. The number of non-ortho nitro benzene ring substituents is 1. The smallest absolute Gasteiger partial charge is 0.269 e. The molecule has 0 N–H and O–H groups in total. The number of unbranched alkanes of at least 4 members (excludes halogenated alkanes) is 1. The summed E-state index contributed by atoms with van der Waals surface area (Å²) in [5.74, 6) is 2.49. The van der Waals surface area contributed by atoms with Gasteiger partial charge in [-0.2, -0.15) is 0 Å². The first kappa shape index (κ1) is 24.5. The van der Waals surface area contributed by atoms with Crippen molar-refractivity contribution in [1.29, 1.82) is 0 Å². The van der Waals surface area contributed by atoms with E-state index in [0.29, 0.717) is 19.6 Å². The fraction of sp³-hybridized carbons (Fsp3) is 0.276. The molecular weight excluding hydrogens is 468 g/mol. The number of nitrogens with zero attached hydrogens (tertiary/aromatic N) is 4. The third-order valence-corrected chi connectivity index (χ3v) is 6.49. The Bertz CT molecular complexity index is 1350. The summed E-state index contributed by atoms with van der Waals surface area (Å²) >= 11 is 0. The van der Waals surface area contributed by atoms with Gasteiger partial charge in [0.2, 0.25) is 6.79 Å². The van der Waals surface area contributed by atoms with Gasteiger partial charge < -0.3 is 14.0 Å². The van der Waals surface area contributed by atoms with Gasteiger partial charge in [-0.25, -0.2) is 4.98 Å². The fourth-order valence-electron chi connectivity index (χ4n) is 4.60. The molecule has 0 spiro atoms. The molecule has 0 radical (unpaired) electrons. The summed E-state index contributed by atoms with van der Waals surface area (Å²) in [5.41, 5.74) is 4.44. The van der Waals surface area contributed by atoms with Gasteiger partial charge in [-0.15, -0.1) is 0 Å². The van der Waals surface area contributed by atoms with E-state index >= 15 is 0 Å². The van der Waals surface area contributed by atoms with Crippen LogP contribution in [0, 0.1) is 10.1 Å². The van der Waals surface area contributed by atoms with E-state index in [1.807, 2.05) is 48.7 Å². The summed E-state index contributed by atoms with van der Waals surface area (Å²) < 4.78 is 13.4. The van der Waals surface area contributed by atoms with Crippen molar-refractivity contribution in [2.75, 3.05) is 6.79 Å². The molecule has 0 fully saturated rings. The van der Waals surface area contributed by atoms with Crippen molar-refractivity contribution in [3.05, 3.63) is 106 Å². The number of rotatable bonds is 11. The molecular formula is C29H30N4O4. The number of benzene rings is 3. The van der Waals surface area contributed by atoms with E-state index in [2.05, 4.69) is 34.6 Å². The second kappa shape index (κ2) is 11.3. The lowest BCUT2D eigenvalue weighted by atomic mass is 10.1. The monoisotopic (exact) mass is 498 g/mol. The van der Waals surface area contributed by atoms with Gasteiger partial charge in [0.25, 0.3) is 5.69 Å². The average Bonchev–Trinajstić information content (AvgIpc) is 3.55. The maximum absolute atomic E-state index is 11.1. The zero-order valence-electron chi connectivity index (χ0n) is 20.9. The SMILES string of the molecule is CCCCn1c(CN(Cc2ccc([N+](=O)[O-])cc2)Cc2ccc3c(c2)OCO3)cnc1-c1ccccc1. The zero-order chi connectivity index (χ0) is 25.6. The van der Waals surface area contributed by atoms with Crippen LogP contribution in [0.3, 0.4) is 0 Å². The maximum Gasteiger partial charge on any atom is 0.269 e. The number of nitro benzene ring substituents is 1. The summed E-state index contributed by atoms with van der Waals surface area (Å²) in [7, 11) is 0. The Labute approximate surface area is 216 Å². The van der Waals surface area contributed by atoms with Gasteiger partial charge >= 0.3 is 0 Å². The van der Waals surface area contributed by atoms with Crippen molar-refractivity contribution in [2.45, 2.75) is 45.9 Å². The Hall–Kier alpha value is -4.17. The molecule has 0 bridgehead atoms. The Kier molecular flexibility index (Phi) is 7.46. The van der Waals surface area contributed by atoms with Gasteiger partial charge in [0.05, 0.1) is 16.8 Å². The number of hydrogen-bond acceptors (Lipinski definition) is 6. The molecule has 190 valence electrons. The second-order valence-corrected chi connectivity index (χ2v) is 9.20. The first-order valence-electron chi connectivity index (χ1n) is 12.5. The van der Waals surface area contributed by atoms with Gasteiger partial charge in [0, 0.05) is 43.9 Å². The van der Waals surface area contributed by atoms with E-state index in [-0.39, 0.29) is 17.4 Å². The van der Waals surface area contributed by atoms with Crippen LogP contribution in [0.25, 0.3) is 11.4 Å². The lowest BCUT2D eigenvalue weighted by molar-refractivity contribution is -0.384. The van der Waals surface area contributed by atoms with Crippen LogP contribution in [-0.2, 0) is 26.2 Å². The molecule has 0 saturated heterocycles. The normalized spacial score (nSPS) is 12.3. The van der Waals surface area contributed by atoms with Gasteiger partial charge in [-0.05, 0) is 29.7 Å². The highest BCUT2D eigenvalue weighted by atomic mass is 16.7. The van der Waals surface area contributed by atoms with Crippen molar-refractivity contribution >= 4 is 5.69 Å². The van der Waals surface area contributed by atoms with E-state index < -0.39 is 0 Å². The summed E-state index contributed by atoms with van der Waals surface area (Å²) in [6.45, 7) is 5.31. The molecule has 0 aliphatic carbocycles. The number of nitro groups is 1. The molecule has 5 rings (SSSR count). The van der Waals surface area contributed by atoms with Crippen molar-refractivity contribution < 1.29 is 14.4 Å². The molecule has 3 aromatic carbocycles. The molecule has 0 saturated carbocycles. The minimum Gasteiger partial charge on any atom is -0.454 e. The minimum absolute atomic E-state index is 0.0937. The second-order valence-electron chi connectivity index (χ2n) is 9.20. The van der Waals surface area contributed by atoms with Crippen LogP contribution < -0.4 is 9.47 Å². The summed E-state index contributed by atoms with van der Waals surface area (Å²) in [6, 6.07) is 23.1.